The molecule has 2 atom stereocenters. The molecular weight excluding hydrogens is 328 g/mol. The Hall–Kier alpha value is -0.580. The number of phenolic OH excluding ortho intramolecular Hbond substituents is 1. The standard InChI is InChI=1S/C17H25BrN2O/c1-10-12-5-3-4-6-13(12)16(18)17(21)15(10)14-7-11(8-19)9-20(14)2/h11,14,21H,3-9,19H2,1-2H3. The first-order chi connectivity index (χ1) is 10.0. The first kappa shape index (κ1) is 15.3. The van der Waals surface area contributed by atoms with Gasteiger partial charge in [0.15, 0.2) is 0 Å². The summed E-state index contributed by atoms with van der Waals surface area (Å²) >= 11 is 3.66. The second-order valence-electron chi connectivity index (χ2n) is 6.66. The molecule has 1 aliphatic heterocycles. The number of phenols is 1. The molecule has 1 aromatic carbocycles. The number of aromatic hydroxyl groups is 1. The van der Waals surface area contributed by atoms with E-state index in [4.69, 9.17) is 5.73 Å². The lowest BCUT2D eigenvalue weighted by molar-refractivity contribution is 0.304. The molecule has 0 aromatic heterocycles. The van der Waals surface area contributed by atoms with Gasteiger partial charge in [0.2, 0.25) is 0 Å². The van der Waals surface area contributed by atoms with Crippen LogP contribution in [0.25, 0.3) is 0 Å². The molecular formula is C17H25BrN2O. The van der Waals surface area contributed by atoms with Crippen LogP contribution in [0.1, 0.15) is 47.6 Å². The molecule has 0 spiro atoms. The SMILES string of the molecule is Cc1c2c(c(Br)c(O)c1C1CC(CN)CN1C)CCCC2. The van der Waals surface area contributed by atoms with Crippen LogP contribution in [0.15, 0.2) is 4.47 Å². The van der Waals surface area contributed by atoms with Crippen LogP contribution in [0.5, 0.6) is 5.75 Å². The number of nitrogens with zero attached hydrogens (tertiary/aromatic N) is 1. The van der Waals surface area contributed by atoms with Crippen molar-refractivity contribution in [1.82, 2.24) is 4.90 Å². The molecule has 2 aliphatic rings. The van der Waals surface area contributed by atoms with E-state index in [0.717, 1.165) is 42.4 Å². The molecule has 0 bridgehead atoms. The summed E-state index contributed by atoms with van der Waals surface area (Å²) in [6.45, 7) is 3.94. The number of fused-ring (bicyclic) bond motifs is 1. The Balaban J connectivity index is 2.09. The van der Waals surface area contributed by atoms with E-state index in [9.17, 15) is 5.11 Å². The van der Waals surface area contributed by atoms with Gasteiger partial charge >= 0.3 is 0 Å². The van der Waals surface area contributed by atoms with E-state index in [0.29, 0.717) is 17.7 Å². The molecule has 3 N–H and O–H groups in total. The predicted octanol–water partition coefficient (Wildman–Crippen LogP) is 3.29. The molecule has 1 saturated heterocycles. The summed E-state index contributed by atoms with van der Waals surface area (Å²) in [7, 11) is 2.15. The van der Waals surface area contributed by atoms with E-state index in [1.54, 1.807) is 0 Å². The molecule has 3 nitrogen and oxygen atoms in total. The zero-order valence-electron chi connectivity index (χ0n) is 13.0. The van der Waals surface area contributed by atoms with Gasteiger partial charge in [0, 0.05) is 18.2 Å². The maximum atomic E-state index is 10.8. The van der Waals surface area contributed by atoms with Crippen molar-refractivity contribution in [3.63, 3.8) is 0 Å². The maximum absolute atomic E-state index is 10.8. The highest BCUT2D eigenvalue weighted by molar-refractivity contribution is 9.10. The molecule has 1 aliphatic carbocycles. The predicted molar refractivity (Wildman–Crippen MR) is 89.7 cm³/mol. The molecule has 21 heavy (non-hydrogen) atoms. The largest absolute Gasteiger partial charge is 0.506 e. The maximum Gasteiger partial charge on any atom is 0.135 e. The van der Waals surface area contributed by atoms with Crippen LogP contribution in [0.4, 0.5) is 0 Å². The van der Waals surface area contributed by atoms with Crippen LogP contribution >= 0.6 is 15.9 Å². The van der Waals surface area contributed by atoms with Crippen LogP contribution in [-0.2, 0) is 12.8 Å². The molecule has 1 heterocycles. The Morgan fingerprint density at radius 3 is 2.57 bits per heavy atom. The molecule has 1 aromatic rings. The summed E-state index contributed by atoms with van der Waals surface area (Å²) in [6, 6.07) is 0.294. The van der Waals surface area contributed by atoms with Crippen molar-refractivity contribution in [2.24, 2.45) is 11.7 Å². The van der Waals surface area contributed by atoms with E-state index in [-0.39, 0.29) is 0 Å². The Morgan fingerprint density at radius 1 is 1.29 bits per heavy atom. The van der Waals surface area contributed by atoms with Crippen molar-refractivity contribution < 1.29 is 5.11 Å². The molecule has 0 amide bonds. The van der Waals surface area contributed by atoms with Crippen LogP contribution in [0, 0.1) is 12.8 Å². The van der Waals surface area contributed by atoms with Crippen molar-refractivity contribution in [1.29, 1.82) is 0 Å². The summed E-state index contributed by atoms with van der Waals surface area (Å²) < 4.78 is 0.933. The van der Waals surface area contributed by atoms with Crippen LogP contribution in [-0.4, -0.2) is 30.1 Å². The number of nitrogens with two attached hydrogens (primary N) is 1. The minimum absolute atomic E-state index is 0.294. The van der Waals surface area contributed by atoms with Gasteiger partial charge in [0.25, 0.3) is 0 Å². The number of rotatable bonds is 2. The van der Waals surface area contributed by atoms with Crippen molar-refractivity contribution in [3.05, 3.63) is 26.7 Å². The first-order valence-corrected chi connectivity index (χ1v) is 8.76. The quantitative estimate of drug-likeness (QED) is 0.858. The summed E-state index contributed by atoms with van der Waals surface area (Å²) in [6.07, 6.45) is 5.76. The van der Waals surface area contributed by atoms with Crippen LogP contribution in [0.2, 0.25) is 0 Å². The number of likely N-dealkylation sites (tertiary alicyclic amines) is 1. The Kier molecular flexibility index (Phi) is 4.30. The van der Waals surface area contributed by atoms with E-state index < -0.39 is 0 Å². The monoisotopic (exact) mass is 352 g/mol. The number of hydrogen-bond donors (Lipinski definition) is 2. The van der Waals surface area contributed by atoms with E-state index in [1.807, 2.05) is 0 Å². The molecule has 1 fully saturated rings. The van der Waals surface area contributed by atoms with Gasteiger partial charge in [0.05, 0.1) is 4.47 Å². The number of halogens is 1. The zero-order chi connectivity index (χ0) is 15.1. The normalized spacial score (nSPS) is 26.1. The van der Waals surface area contributed by atoms with Crippen LogP contribution < -0.4 is 5.73 Å². The van der Waals surface area contributed by atoms with Crippen molar-refractivity contribution >= 4 is 15.9 Å². The minimum Gasteiger partial charge on any atom is -0.506 e. The van der Waals surface area contributed by atoms with E-state index in [2.05, 4.69) is 34.8 Å². The van der Waals surface area contributed by atoms with Gasteiger partial charge in [-0.15, -0.1) is 0 Å². The Labute approximate surface area is 135 Å². The summed E-state index contributed by atoms with van der Waals surface area (Å²) in [5.74, 6) is 0.997. The van der Waals surface area contributed by atoms with Crippen LogP contribution in [0.3, 0.4) is 0 Å². The highest BCUT2D eigenvalue weighted by Crippen LogP contribution is 2.47. The molecule has 4 heteroatoms. The molecule has 0 radical (unpaired) electrons. The Bertz CT molecular complexity index is 558. The number of hydrogen-bond acceptors (Lipinski definition) is 3. The van der Waals surface area contributed by atoms with Crippen molar-refractivity contribution in [3.8, 4) is 5.75 Å². The van der Waals surface area contributed by atoms with Gasteiger partial charge in [0.1, 0.15) is 5.75 Å². The fourth-order valence-corrected chi connectivity index (χ4v) is 4.84. The summed E-state index contributed by atoms with van der Waals surface area (Å²) in [4.78, 5) is 2.35. The summed E-state index contributed by atoms with van der Waals surface area (Å²) in [5, 5.41) is 10.8. The van der Waals surface area contributed by atoms with Gasteiger partial charge in [-0.3, -0.25) is 4.90 Å². The minimum atomic E-state index is 0.294. The van der Waals surface area contributed by atoms with Gasteiger partial charge in [-0.2, -0.15) is 0 Å². The summed E-state index contributed by atoms with van der Waals surface area (Å²) in [5.41, 5.74) is 11.1. The molecule has 116 valence electrons. The third kappa shape index (κ3) is 2.51. The van der Waals surface area contributed by atoms with Gasteiger partial charge < -0.3 is 10.8 Å². The van der Waals surface area contributed by atoms with Gasteiger partial charge in [-0.1, -0.05) is 0 Å². The van der Waals surface area contributed by atoms with Gasteiger partial charge in [-0.05, 0) is 91.2 Å². The lowest BCUT2D eigenvalue weighted by atomic mass is 9.83. The average Bonchev–Trinajstić information content (AvgIpc) is 2.86. The lowest BCUT2D eigenvalue weighted by Crippen LogP contribution is -2.21. The number of benzene rings is 1. The molecule has 3 rings (SSSR count). The third-order valence-electron chi connectivity index (χ3n) is 5.35. The smallest absolute Gasteiger partial charge is 0.135 e. The van der Waals surface area contributed by atoms with Crippen molar-refractivity contribution in [2.75, 3.05) is 20.1 Å². The molecule has 2 unspecified atom stereocenters. The fraction of sp³-hybridized carbons (Fsp3) is 0.647. The van der Waals surface area contributed by atoms with E-state index in [1.165, 1.54) is 29.5 Å². The lowest BCUT2D eigenvalue weighted by Gasteiger charge is -2.28. The zero-order valence-corrected chi connectivity index (χ0v) is 14.5. The van der Waals surface area contributed by atoms with Gasteiger partial charge in [-0.25, -0.2) is 0 Å². The highest BCUT2D eigenvalue weighted by Gasteiger charge is 2.34. The Morgan fingerprint density at radius 2 is 1.95 bits per heavy atom. The van der Waals surface area contributed by atoms with Crippen molar-refractivity contribution in [2.45, 2.75) is 45.1 Å². The third-order valence-corrected chi connectivity index (χ3v) is 6.21. The first-order valence-electron chi connectivity index (χ1n) is 7.97. The molecule has 0 saturated carbocycles. The second-order valence-corrected chi connectivity index (χ2v) is 7.45. The second kappa shape index (κ2) is 5.90. The topological polar surface area (TPSA) is 49.5 Å². The highest BCUT2D eigenvalue weighted by atomic mass is 79.9. The fourth-order valence-electron chi connectivity index (χ4n) is 4.18. The average molecular weight is 353 g/mol. The van der Waals surface area contributed by atoms with E-state index >= 15 is 0 Å².